The molecule has 1 aliphatic rings. The molecule has 29 heavy (non-hydrogen) atoms. The Labute approximate surface area is 181 Å². The molecule has 1 amide bonds. The first-order valence-corrected chi connectivity index (χ1v) is 10.9. The lowest BCUT2D eigenvalue weighted by Gasteiger charge is -2.29. The van der Waals surface area contributed by atoms with Crippen molar-refractivity contribution in [1.29, 1.82) is 0 Å². The molecule has 0 atom stereocenters. The average Bonchev–Trinajstić information content (AvgIpc) is 2.69. The van der Waals surface area contributed by atoms with Crippen molar-refractivity contribution in [1.82, 2.24) is 15.3 Å². The van der Waals surface area contributed by atoms with Crippen LogP contribution in [0.3, 0.4) is 0 Å². The summed E-state index contributed by atoms with van der Waals surface area (Å²) in [6.07, 6.45) is 4.18. The van der Waals surface area contributed by atoms with Crippen molar-refractivity contribution in [2.24, 2.45) is 5.92 Å². The van der Waals surface area contributed by atoms with Gasteiger partial charge in [0.25, 0.3) is 5.91 Å². The number of nitrogens with zero attached hydrogens (tertiary/aromatic N) is 3. The quantitative estimate of drug-likeness (QED) is 0.672. The molecule has 1 saturated carbocycles. The number of carbonyl (C=O) groups is 1. The second-order valence-corrected chi connectivity index (χ2v) is 8.98. The Morgan fingerprint density at radius 2 is 1.86 bits per heavy atom. The summed E-state index contributed by atoms with van der Waals surface area (Å²) in [5, 5.41) is 6.60. The molecule has 0 radical (unpaired) electrons. The van der Waals surface area contributed by atoms with Crippen LogP contribution in [-0.4, -0.2) is 42.6 Å². The maximum absolute atomic E-state index is 12.5. The molecular formula is C22H30BrN5O. The molecule has 2 N–H and O–H groups in total. The summed E-state index contributed by atoms with van der Waals surface area (Å²) in [6.45, 7) is 4.85. The molecule has 0 unspecified atom stereocenters. The number of carbonyl (C=O) groups excluding carboxylic acids is 1. The lowest BCUT2D eigenvalue weighted by Crippen LogP contribution is -2.38. The summed E-state index contributed by atoms with van der Waals surface area (Å²) in [5.41, 5.74) is 2.76. The Balaban J connectivity index is 1.47. The van der Waals surface area contributed by atoms with E-state index in [4.69, 9.17) is 0 Å². The smallest absolute Gasteiger partial charge is 0.251 e. The second-order valence-electron chi connectivity index (χ2n) is 8.12. The Bertz CT molecular complexity index is 862. The van der Waals surface area contributed by atoms with Gasteiger partial charge < -0.3 is 15.5 Å². The molecule has 0 aliphatic heterocycles. The first-order chi connectivity index (χ1) is 13.8. The minimum atomic E-state index is 0.0200. The Morgan fingerprint density at radius 3 is 2.52 bits per heavy atom. The zero-order valence-corrected chi connectivity index (χ0v) is 19.2. The summed E-state index contributed by atoms with van der Waals surface area (Å²) in [6, 6.07) is 7.96. The van der Waals surface area contributed by atoms with Gasteiger partial charge in [-0.1, -0.05) is 15.9 Å². The van der Waals surface area contributed by atoms with Gasteiger partial charge in [0, 0.05) is 48.5 Å². The monoisotopic (exact) mass is 459 g/mol. The first-order valence-electron chi connectivity index (χ1n) is 10.2. The van der Waals surface area contributed by atoms with Gasteiger partial charge in [-0.15, -0.1) is 0 Å². The minimum Gasteiger partial charge on any atom is -0.363 e. The van der Waals surface area contributed by atoms with Crippen LogP contribution in [-0.2, 0) is 0 Å². The summed E-state index contributed by atoms with van der Waals surface area (Å²) in [5.74, 6) is 2.20. The molecule has 1 aromatic heterocycles. The first kappa shape index (κ1) is 21.6. The van der Waals surface area contributed by atoms with Crippen molar-refractivity contribution in [2.45, 2.75) is 45.6 Å². The number of aromatic nitrogens is 2. The molecule has 1 heterocycles. The van der Waals surface area contributed by atoms with Gasteiger partial charge in [-0.05, 0) is 69.2 Å². The van der Waals surface area contributed by atoms with Crippen LogP contribution in [0, 0.1) is 19.8 Å². The van der Waals surface area contributed by atoms with Crippen molar-refractivity contribution >= 4 is 33.6 Å². The third-order valence-corrected chi connectivity index (χ3v) is 6.34. The molecule has 156 valence electrons. The Morgan fingerprint density at radius 1 is 1.14 bits per heavy atom. The number of amides is 1. The summed E-state index contributed by atoms with van der Waals surface area (Å²) in [4.78, 5) is 23.6. The van der Waals surface area contributed by atoms with Crippen LogP contribution in [0.1, 0.15) is 47.3 Å². The standard InChI is InChI=1S/C22H30BrN5O/c1-14-11-17(7-10-19(14)23)21(29)26-18-8-5-16(6-9-18)13-24-22-25-15(2)12-20(27-22)28(3)4/h7,10-12,16,18H,5-6,8-9,13H2,1-4H3,(H,26,29)(H,24,25,27)/t16-,18+. The second kappa shape index (κ2) is 9.57. The lowest BCUT2D eigenvalue weighted by atomic mass is 9.86. The van der Waals surface area contributed by atoms with Gasteiger partial charge in [-0.2, -0.15) is 4.98 Å². The number of aryl methyl sites for hydroxylation is 2. The molecule has 7 heteroatoms. The number of nitrogens with one attached hydrogen (secondary N) is 2. The van der Waals surface area contributed by atoms with Crippen LogP contribution < -0.4 is 15.5 Å². The van der Waals surface area contributed by atoms with E-state index < -0.39 is 0 Å². The predicted octanol–water partition coefficient (Wildman–Crippen LogP) is 4.32. The van der Waals surface area contributed by atoms with Gasteiger partial charge in [0.15, 0.2) is 0 Å². The van der Waals surface area contributed by atoms with E-state index in [0.29, 0.717) is 11.9 Å². The zero-order valence-electron chi connectivity index (χ0n) is 17.6. The number of anilines is 2. The van der Waals surface area contributed by atoms with Gasteiger partial charge in [-0.3, -0.25) is 4.79 Å². The molecular weight excluding hydrogens is 430 g/mol. The summed E-state index contributed by atoms with van der Waals surface area (Å²) >= 11 is 3.48. The molecule has 0 spiro atoms. The van der Waals surface area contributed by atoms with Crippen LogP contribution in [0.2, 0.25) is 0 Å². The van der Waals surface area contributed by atoms with Crippen molar-refractivity contribution < 1.29 is 4.79 Å². The van der Waals surface area contributed by atoms with Crippen molar-refractivity contribution in [3.8, 4) is 0 Å². The highest BCUT2D eigenvalue weighted by Crippen LogP contribution is 2.25. The van der Waals surface area contributed by atoms with Crippen molar-refractivity contribution in [3.63, 3.8) is 0 Å². The number of benzene rings is 1. The normalized spacial score (nSPS) is 18.9. The summed E-state index contributed by atoms with van der Waals surface area (Å²) in [7, 11) is 3.97. The average molecular weight is 460 g/mol. The van der Waals surface area contributed by atoms with Gasteiger partial charge in [-0.25, -0.2) is 4.98 Å². The predicted molar refractivity (Wildman–Crippen MR) is 122 cm³/mol. The van der Waals surface area contributed by atoms with Gasteiger partial charge in [0.2, 0.25) is 5.95 Å². The number of hydrogen-bond acceptors (Lipinski definition) is 5. The number of hydrogen-bond donors (Lipinski definition) is 2. The number of rotatable bonds is 6. The van der Waals surface area contributed by atoms with Crippen LogP contribution >= 0.6 is 15.9 Å². The van der Waals surface area contributed by atoms with Gasteiger partial charge >= 0.3 is 0 Å². The highest BCUT2D eigenvalue weighted by molar-refractivity contribution is 9.10. The van der Waals surface area contributed by atoms with E-state index in [1.807, 2.05) is 57.1 Å². The zero-order chi connectivity index (χ0) is 21.0. The van der Waals surface area contributed by atoms with E-state index in [-0.39, 0.29) is 11.9 Å². The van der Waals surface area contributed by atoms with Crippen LogP contribution in [0.4, 0.5) is 11.8 Å². The molecule has 2 aromatic rings. The fourth-order valence-electron chi connectivity index (χ4n) is 3.66. The highest BCUT2D eigenvalue weighted by Gasteiger charge is 2.23. The van der Waals surface area contributed by atoms with E-state index in [1.165, 1.54) is 0 Å². The summed E-state index contributed by atoms with van der Waals surface area (Å²) < 4.78 is 1.03. The van der Waals surface area contributed by atoms with E-state index >= 15 is 0 Å². The van der Waals surface area contributed by atoms with Gasteiger partial charge in [0.1, 0.15) is 5.82 Å². The van der Waals surface area contributed by atoms with E-state index in [0.717, 1.165) is 59.3 Å². The molecule has 3 rings (SSSR count). The molecule has 0 saturated heterocycles. The lowest BCUT2D eigenvalue weighted by molar-refractivity contribution is 0.0922. The topological polar surface area (TPSA) is 70.2 Å². The number of halogens is 1. The Hall–Kier alpha value is -2.15. The minimum absolute atomic E-state index is 0.0200. The highest BCUT2D eigenvalue weighted by atomic mass is 79.9. The van der Waals surface area contributed by atoms with E-state index in [1.54, 1.807) is 0 Å². The van der Waals surface area contributed by atoms with Crippen LogP contribution in [0.5, 0.6) is 0 Å². The molecule has 1 fully saturated rings. The maximum atomic E-state index is 12.5. The van der Waals surface area contributed by atoms with Crippen molar-refractivity contribution in [2.75, 3.05) is 30.9 Å². The Kier molecular flexibility index (Phi) is 7.11. The van der Waals surface area contributed by atoms with E-state index in [2.05, 4.69) is 36.5 Å². The fourth-order valence-corrected chi connectivity index (χ4v) is 3.91. The van der Waals surface area contributed by atoms with Crippen LogP contribution in [0.25, 0.3) is 0 Å². The molecule has 1 aliphatic carbocycles. The van der Waals surface area contributed by atoms with Gasteiger partial charge in [0.05, 0.1) is 0 Å². The molecule has 0 bridgehead atoms. The fraction of sp³-hybridized carbons (Fsp3) is 0.500. The van der Waals surface area contributed by atoms with Crippen molar-refractivity contribution in [3.05, 3.63) is 45.6 Å². The third-order valence-electron chi connectivity index (χ3n) is 5.45. The maximum Gasteiger partial charge on any atom is 0.251 e. The van der Waals surface area contributed by atoms with E-state index in [9.17, 15) is 4.79 Å². The van der Waals surface area contributed by atoms with Crippen LogP contribution in [0.15, 0.2) is 28.7 Å². The third kappa shape index (κ3) is 5.92. The molecule has 6 nitrogen and oxygen atoms in total. The molecule has 1 aromatic carbocycles. The SMILES string of the molecule is Cc1cc(N(C)C)nc(NC[C@H]2CC[C@@H](NC(=O)c3ccc(Br)c(C)c3)CC2)n1. The largest absolute Gasteiger partial charge is 0.363 e.